The van der Waals surface area contributed by atoms with Gasteiger partial charge in [-0.2, -0.15) is 0 Å². The third kappa shape index (κ3) is 4.34. The number of likely N-dealkylation sites (tertiary alicyclic amines) is 1. The lowest BCUT2D eigenvalue weighted by molar-refractivity contribution is -0.0288. The smallest absolute Gasteiger partial charge is 0.203 e. The van der Waals surface area contributed by atoms with Crippen molar-refractivity contribution in [2.75, 3.05) is 57.5 Å². The summed E-state index contributed by atoms with van der Waals surface area (Å²) in [6.45, 7) is 6.59. The summed E-state index contributed by atoms with van der Waals surface area (Å²) in [7, 11) is 0. The van der Waals surface area contributed by atoms with Gasteiger partial charge < -0.3 is 29.0 Å². The first-order chi connectivity index (χ1) is 14.8. The van der Waals surface area contributed by atoms with Crippen LogP contribution in [-0.2, 0) is 11.3 Å². The molecule has 0 saturated carbocycles. The minimum atomic E-state index is -0.564. The number of β-amino-alcohol motifs (C(OH)–C–C–N with tert-alkyl or cyclic N) is 1. The topological polar surface area (TPSA) is 76.5 Å². The van der Waals surface area contributed by atoms with Crippen molar-refractivity contribution in [1.29, 1.82) is 0 Å². The molecule has 0 radical (unpaired) electrons. The number of aliphatic hydroxyl groups excluding tert-OH is 1. The molecular weight excluding hydrogens is 406 g/mol. The molecule has 0 aliphatic carbocycles. The maximum Gasteiger partial charge on any atom is 0.203 e. The molecule has 5 rings (SSSR count). The number of hydrogen-bond acceptors (Lipinski definition) is 9. The van der Waals surface area contributed by atoms with Gasteiger partial charge in [-0.3, -0.25) is 4.90 Å². The number of morpholine rings is 1. The van der Waals surface area contributed by atoms with E-state index in [4.69, 9.17) is 18.9 Å². The van der Waals surface area contributed by atoms with Crippen LogP contribution in [0.1, 0.15) is 11.3 Å². The molecule has 9 heteroatoms. The van der Waals surface area contributed by atoms with E-state index < -0.39 is 6.10 Å². The second-order valence-electron chi connectivity index (χ2n) is 7.74. The van der Waals surface area contributed by atoms with Crippen molar-refractivity contribution in [1.82, 2.24) is 9.88 Å². The van der Waals surface area contributed by atoms with E-state index in [9.17, 15) is 5.11 Å². The molecule has 30 heavy (non-hydrogen) atoms. The summed E-state index contributed by atoms with van der Waals surface area (Å²) in [6.07, 6.45) is 1.88. The first-order valence-corrected chi connectivity index (χ1v) is 11.3. The van der Waals surface area contributed by atoms with Gasteiger partial charge in [-0.05, 0) is 18.6 Å². The van der Waals surface area contributed by atoms with Crippen molar-refractivity contribution in [3.63, 3.8) is 0 Å². The van der Waals surface area contributed by atoms with Crippen molar-refractivity contribution < 1.29 is 24.1 Å². The predicted molar refractivity (Wildman–Crippen MR) is 113 cm³/mol. The van der Waals surface area contributed by atoms with Crippen molar-refractivity contribution in [2.24, 2.45) is 0 Å². The van der Waals surface area contributed by atoms with Gasteiger partial charge in [-0.25, -0.2) is 4.98 Å². The third-order valence-corrected chi connectivity index (χ3v) is 6.66. The zero-order chi connectivity index (χ0) is 20.3. The summed E-state index contributed by atoms with van der Waals surface area (Å²) < 4.78 is 22.9. The lowest BCUT2D eigenvalue weighted by Crippen LogP contribution is -2.48. The molecular formula is C21H27N3O5S. The number of ether oxygens (including phenoxy) is 4. The Morgan fingerprint density at radius 2 is 2.00 bits per heavy atom. The number of piperidine rings is 1. The van der Waals surface area contributed by atoms with Crippen LogP contribution in [0.5, 0.6) is 17.2 Å². The molecule has 2 atom stereocenters. The van der Waals surface area contributed by atoms with E-state index in [2.05, 4.69) is 14.8 Å². The summed E-state index contributed by atoms with van der Waals surface area (Å²) in [5, 5.41) is 11.8. The van der Waals surface area contributed by atoms with Crippen LogP contribution in [0.2, 0.25) is 0 Å². The molecule has 8 nitrogen and oxygen atoms in total. The minimum Gasteiger partial charge on any atom is -0.486 e. The zero-order valence-corrected chi connectivity index (χ0v) is 17.7. The van der Waals surface area contributed by atoms with Gasteiger partial charge >= 0.3 is 0 Å². The Balaban J connectivity index is 1.17. The van der Waals surface area contributed by atoms with Gasteiger partial charge in [0.05, 0.1) is 13.2 Å². The average Bonchev–Trinajstić information content (AvgIpc) is 3.25. The average molecular weight is 434 g/mol. The molecule has 0 bridgehead atoms. The highest BCUT2D eigenvalue weighted by Crippen LogP contribution is 2.40. The highest BCUT2D eigenvalue weighted by molar-refractivity contribution is 7.15. The number of aliphatic hydroxyl groups is 1. The van der Waals surface area contributed by atoms with E-state index in [0.717, 1.165) is 50.9 Å². The van der Waals surface area contributed by atoms with Crippen molar-refractivity contribution in [3.05, 3.63) is 29.3 Å². The molecule has 1 N–H and O–H groups in total. The SMILES string of the molecule is O[C@@H]1CN(Cc2cnc(N3CCOCC3)s2)CC[C@H]1Oc1cccc2c1OCCO2. The van der Waals surface area contributed by atoms with Gasteiger partial charge in [-0.15, -0.1) is 11.3 Å². The molecule has 1 aromatic carbocycles. The van der Waals surface area contributed by atoms with Gasteiger partial charge in [0.15, 0.2) is 16.6 Å². The van der Waals surface area contributed by atoms with E-state index in [1.807, 2.05) is 24.4 Å². The normalized spacial score (nSPS) is 24.6. The zero-order valence-electron chi connectivity index (χ0n) is 16.9. The number of thiazole rings is 1. The maximum atomic E-state index is 10.7. The predicted octanol–water partition coefficient (Wildman–Crippen LogP) is 1.77. The Labute approximate surface area is 179 Å². The molecule has 162 valence electrons. The van der Waals surface area contributed by atoms with E-state index in [0.29, 0.717) is 37.0 Å². The lowest BCUT2D eigenvalue weighted by atomic mass is 10.0. The van der Waals surface area contributed by atoms with Crippen LogP contribution in [0.4, 0.5) is 5.13 Å². The van der Waals surface area contributed by atoms with Crippen molar-refractivity contribution in [3.8, 4) is 17.2 Å². The second-order valence-corrected chi connectivity index (χ2v) is 8.83. The highest BCUT2D eigenvalue weighted by Gasteiger charge is 2.31. The minimum absolute atomic E-state index is 0.261. The number of hydrogen-bond donors (Lipinski definition) is 1. The molecule has 0 spiro atoms. The first kappa shape index (κ1) is 19.9. The van der Waals surface area contributed by atoms with Crippen molar-refractivity contribution >= 4 is 16.5 Å². The number of para-hydroxylation sites is 1. The summed E-state index contributed by atoms with van der Waals surface area (Å²) in [6, 6.07) is 5.64. The fourth-order valence-corrected chi connectivity index (χ4v) is 5.06. The van der Waals surface area contributed by atoms with Crippen LogP contribution in [0, 0.1) is 0 Å². The van der Waals surface area contributed by atoms with Gasteiger partial charge in [0.2, 0.25) is 5.75 Å². The van der Waals surface area contributed by atoms with E-state index in [1.54, 1.807) is 11.3 Å². The Morgan fingerprint density at radius 1 is 1.13 bits per heavy atom. The number of anilines is 1. The third-order valence-electron chi connectivity index (χ3n) is 5.62. The summed E-state index contributed by atoms with van der Waals surface area (Å²) in [4.78, 5) is 10.3. The Hall–Kier alpha value is -2.07. The Morgan fingerprint density at radius 3 is 2.87 bits per heavy atom. The molecule has 2 aromatic rings. The maximum absolute atomic E-state index is 10.7. The van der Waals surface area contributed by atoms with Crippen LogP contribution in [0.3, 0.4) is 0 Å². The van der Waals surface area contributed by atoms with Crippen LogP contribution in [-0.4, -0.2) is 79.8 Å². The standard InChI is InChI=1S/C21H27N3O5S/c25-16-14-23(13-15-12-22-21(30-15)24-6-8-26-9-7-24)5-4-17(16)29-19-3-1-2-18-20(19)28-11-10-27-18/h1-3,12,16-17,25H,4-11,13-14H2/t16-,17-/m1/s1. The van der Waals surface area contributed by atoms with Crippen LogP contribution < -0.4 is 19.1 Å². The molecule has 0 unspecified atom stereocenters. The molecule has 1 aromatic heterocycles. The summed E-state index contributed by atoms with van der Waals surface area (Å²) in [5.74, 6) is 1.98. The van der Waals surface area contributed by atoms with Gasteiger partial charge in [0.25, 0.3) is 0 Å². The van der Waals surface area contributed by atoms with E-state index >= 15 is 0 Å². The lowest BCUT2D eigenvalue weighted by Gasteiger charge is -2.36. The van der Waals surface area contributed by atoms with Crippen LogP contribution in [0.25, 0.3) is 0 Å². The van der Waals surface area contributed by atoms with Crippen LogP contribution in [0.15, 0.2) is 24.4 Å². The Kier molecular flexibility index (Phi) is 5.94. The first-order valence-electron chi connectivity index (χ1n) is 10.5. The molecule has 3 aliphatic heterocycles. The quantitative estimate of drug-likeness (QED) is 0.765. The number of fused-ring (bicyclic) bond motifs is 1. The Bertz CT molecular complexity index is 857. The van der Waals surface area contributed by atoms with Crippen LogP contribution >= 0.6 is 11.3 Å². The largest absolute Gasteiger partial charge is 0.486 e. The highest BCUT2D eigenvalue weighted by atomic mass is 32.1. The second kappa shape index (κ2) is 8.97. The molecule has 2 saturated heterocycles. The summed E-state index contributed by atoms with van der Waals surface area (Å²) >= 11 is 1.73. The number of aromatic nitrogens is 1. The number of rotatable bonds is 5. The number of nitrogens with zero attached hydrogens (tertiary/aromatic N) is 3. The van der Waals surface area contributed by atoms with Gasteiger partial charge in [-0.1, -0.05) is 6.07 Å². The van der Waals surface area contributed by atoms with Gasteiger partial charge in [0, 0.05) is 43.8 Å². The van der Waals surface area contributed by atoms with Gasteiger partial charge in [0.1, 0.15) is 25.4 Å². The molecule has 2 fully saturated rings. The fourth-order valence-electron chi connectivity index (χ4n) is 4.05. The van der Waals surface area contributed by atoms with Crippen molar-refractivity contribution in [2.45, 2.75) is 25.2 Å². The molecule has 4 heterocycles. The van der Waals surface area contributed by atoms with E-state index in [1.165, 1.54) is 4.88 Å². The molecule has 0 amide bonds. The molecule has 3 aliphatic rings. The number of benzene rings is 1. The fraction of sp³-hybridized carbons (Fsp3) is 0.571. The summed E-state index contributed by atoms with van der Waals surface area (Å²) in [5.41, 5.74) is 0. The monoisotopic (exact) mass is 433 g/mol. The van der Waals surface area contributed by atoms with E-state index in [-0.39, 0.29) is 6.10 Å².